The number of aromatic nitrogens is 2. The first kappa shape index (κ1) is 24.5. The number of amides is 1. The van der Waals surface area contributed by atoms with E-state index in [9.17, 15) is 14.3 Å². The van der Waals surface area contributed by atoms with Crippen molar-refractivity contribution in [2.45, 2.75) is 45.3 Å². The Morgan fingerprint density at radius 3 is 2.71 bits per heavy atom. The number of hydrogen-bond donors (Lipinski definition) is 2. The zero-order valence-corrected chi connectivity index (χ0v) is 20.3. The molecule has 34 heavy (non-hydrogen) atoms. The normalized spacial score (nSPS) is 21.8. The minimum absolute atomic E-state index is 0.135. The van der Waals surface area contributed by atoms with Gasteiger partial charge in [0.05, 0.1) is 40.5 Å². The molecule has 182 valence electrons. The van der Waals surface area contributed by atoms with Gasteiger partial charge in [0.2, 0.25) is 0 Å². The highest BCUT2D eigenvalue weighted by Gasteiger charge is 2.36. The maximum Gasteiger partial charge on any atom is 0.257 e. The summed E-state index contributed by atoms with van der Waals surface area (Å²) in [5, 5.41) is 18.6. The van der Waals surface area contributed by atoms with E-state index >= 15 is 0 Å². The highest BCUT2D eigenvalue weighted by Crippen LogP contribution is 2.30. The van der Waals surface area contributed by atoms with Gasteiger partial charge in [-0.05, 0) is 39.3 Å². The van der Waals surface area contributed by atoms with E-state index in [1.165, 1.54) is 18.2 Å². The Morgan fingerprint density at radius 2 is 2.03 bits per heavy atom. The number of carbonyl (C=O) groups is 1. The summed E-state index contributed by atoms with van der Waals surface area (Å²) in [4.78, 5) is 25.9. The monoisotopic (exact) mass is 489 g/mol. The first-order valence-corrected chi connectivity index (χ1v) is 11.7. The largest absolute Gasteiger partial charge is 0.488 e. The average molecular weight is 490 g/mol. The Bertz CT molecular complexity index is 1090. The molecule has 3 heterocycles. The SMILES string of the molecule is Cc1nc(C2CN(C(=O)c3ccc(F)cc3OC3CCN(CC(C)O)C3)CC2=N)nc(C)c1Cl. The second kappa shape index (κ2) is 9.93. The summed E-state index contributed by atoms with van der Waals surface area (Å²) in [6.07, 6.45) is 0.0747. The van der Waals surface area contributed by atoms with Gasteiger partial charge in [-0.2, -0.15) is 0 Å². The highest BCUT2D eigenvalue weighted by molar-refractivity contribution is 6.31. The molecular formula is C24H29ClFN5O3. The Labute approximate surface area is 203 Å². The van der Waals surface area contributed by atoms with Crippen molar-refractivity contribution in [2.24, 2.45) is 0 Å². The van der Waals surface area contributed by atoms with Crippen LogP contribution < -0.4 is 4.74 Å². The number of β-amino-alcohol motifs (C(OH)–C–C–N with tert-alkyl or cyclic N) is 1. The molecule has 0 bridgehead atoms. The van der Waals surface area contributed by atoms with Crippen molar-refractivity contribution < 1.29 is 19.0 Å². The van der Waals surface area contributed by atoms with Crippen LogP contribution in [0.15, 0.2) is 18.2 Å². The molecule has 2 aromatic rings. The van der Waals surface area contributed by atoms with E-state index in [1.54, 1.807) is 25.7 Å². The third-order valence-electron chi connectivity index (χ3n) is 6.20. The topological polar surface area (TPSA) is 103 Å². The van der Waals surface area contributed by atoms with Crippen LogP contribution in [-0.4, -0.2) is 81.4 Å². The smallest absolute Gasteiger partial charge is 0.257 e. The van der Waals surface area contributed by atoms with E-state index in [0.717, 1.165) is 13.0 Å². The summed E-state index contributed by atoms with van der Waals surface area (Å²) in [6.45, 7) is 7.59. The van der Waals surface area contributed by atoms with Crippen LogP contribution in [0.25, 0.3) is 0 Å². The molecule has 0 aliphatic carbocycles. The first-order chi connectivity index (χ1) is 16.1. The van der Waals surface area contributed by atoms with Crippen LogP contribution in [0.3, 0.4) is 0 Å². The van der Waals surface area contributed by atoms with Crippen LogP contribution in [0.5, 0.6) is 5.75 Å². The summed E-state index contributed by atoms with van der Waals surface area (Å²) < 4.78 is 20.1. The maximum absolute atomic E-state index is 14.1. The van der Waals surface area contributed by atoms with Gasteiger partial charge in [-0.1, -0.05) is 11.6 Å². The number of halogens is 2. The summed E-state index contributed by atoms with van der Waals surface area (Å²) in [5.74, 6) is -0.577. The van der Waals surface area contributed by atoms with Crippen molar-refractivity contribution in [1.82, 2.24) is 19.8 Å². The first-order valence-electron chi connectivity index (χ1n) is 11.4. The molecule has 4 rings (SSSR count). The Morgan fingerprint density at radius 1 is 1.32 bits per heavy atom. The fraction of sp³-hybridized carbons (Fsp3) is 0.500. The fourth-order valence-corrected chi connectivity index (χ4v) is 4.63. The van der Waals surface area contributed by atoms with Gasteiger partial charge in [-0.3, -0.25) is 9.69 Å². The van der Waals surface area contributed by atoms with Crippen LogP contribution in [0.2, 0.25) is 5.02 Å². The van der Waals surface area contributed by atoms with Crippen molar-refractivity contribution >= 4 is 23.2 Å². The number of nitrogens with one attached hydrogen (secondary N) is 1. The van der Waals surface area contributed by atoms with Crippen LogP contribution in [0.1, 0.15) is 46.8 Å². The predicted octanol–water partition coefficient (Wildman–Crippen LogP) is 2.98. The quantitative estimate of drug-likeness (QED) is 0.646. The van der Waals surface area contributed by atoms with Crippen molar-refractivity contribution in [1.29, 1.82) is 5.41 Å². The fourth-order valence-electron chi connectivity index (χ4n) is 4.54. The third kappa shape index (κ3) is 5.21. The van der Waals surface area contributed by atoms with Crippen LogP contribution in [0, 0.1) is 25.1 Å². The minimum Gasteiger partial charge on any atom is -0.488 e. The number of benzene rings is 1. The lowest BCUT2D eigenvalue weighted by molar-refractivity contribution is 0.0787. The molecule has 2 saturated heterocycles. The summed E-state index contributed by atoms with van der Waals surface area (Å²) >= 11 is 6.18. The molecule has 2 aliphatic heterocycles. The standard InChI is InChI=1S/C24H29ClFN5O3/c1-13(32)9-30-7-6-17(10-30)34-21-8-16(26)4-5-18(21)24(33)31-11-19(20(27)12-31)23-28-14(2)22(25)15(3)29-23/h4-5,8,13,17,19,27,32H,6-7,9-12H2,1-3H3. The van der Waals surface area contributed by atoms with Gasteiger partial charge in [0, 0.05) is 38.0 Å². The number of carbonyl (C=O) groups excluding carboxylic acids is 1. The molecule has 2 aliphatic rings. The Hall–Kier alpha value is -2.62. The van der Waals surface area contributed by atoms with Crippen LogP contribution in [-0.2, 0) is 0 Å². The Balaban J connectivity index is 1.51. The number of nitrogens with zero attached hydrogens (tertiary/aromatic N) is 4. The molecule has 10 heteroatoms. The predicted molar refractivity (Wildman–Crippen MR) is 126 cm³/mol. The van der Waals surface area contributed by atoms with Crippen LogP contribution >= 0.6 is 11.6 Å². The molecular weight excluding hydrogens is 461 g/mol. The maximum atomic E-state index is 14.1. The van der Waals surface area contributed by atoms with Gasteiger partial charge >= 0.3 is 0 Å². The minimum atomic E-state index is -0.488. The highest BCUT2D eigenvalue weighted by atomic mass is 35.5. The second-order valence-corrected chi connectivity index (χ2v) is 9.49. The van der Waals surface area contributed by atoms with Gasteiger partial charge < -0.3 is 20.2 Å². The zero-order chi connectivity index (χ0) is 24.6. The van der Waals surface area contributed by atoms with Crippen molar-refractivity contribution in [3.8, 4) is 5.75 Å². The molecule has 1 amide bonds. The molecule has 0 radical (unpaired) electrons. The van der Waals surface area contributed by atoms with Crippen molar-refractivity contribution in [3.05, 3.63) is 51.8 Å². The summed E-state index contributed by atoms with van der Waals surface area (Å²) in [6, 6.07) is 3.90. The van der Waals surface area contributed by atoms with Gasteiger partial charge in [0.15, 0.2) is 0 Å². The third-order valence-corrected chi connectivity index (χ3v) is 6.75. The van der Waals surface area contributed by atoms with Crippen molar-refractivity contribution in [2.75, 3.05) is 32.7 Å². The van der Waals surface area contributed by atoms with Gasteiger partial charge in [-0.15, -0.1) is 0 Å². The molecule has 8 nitrogen and oxygen atoms in total. The number of hydrogen-bond acceptors (Lipinski definition) is 7. The van der Waals surface area contributed by atoms with Gasteiger partial charge in [-0.25, -0.2) is 14.4 Å². The van der Waals surface area contributed by atoms with E-state index in [-0.39, 0.29) is 36.4 Å². The number of likely N-dealkylation sites (tertiary alicyclic amines) is 2. The molecule has 1 aromatic carbocycles. The Kier molecular flexibility index (Phi) is 7.16. The number of aliphatic hydroxyl groups is 1. The molecule has 0 spiro atoms. The van der Waals surface area contributed by atoms with E-state index in [2.05, 4.69) is 14.9 Å². The van der Waals surface area contributed by atoms with Crippen LogP contribution in [0.4, 0.5) is 4.39 Å². The second-order valence-electron chi connectivity index (χ2n) is 9.11. The zero-order valence-electron chi connectivity index (χ0n) is 19.5. The summed E-state index contributed by atoms with van der Waals surface area (Å²) in [7, 11) is 0. The molecule has 3 atom stereocenters. The number of aryl methyl sites for hydroxylation is 2. The van der Waals surface area contributed by atoms with E-state index < -0.39 is 17.8 Å². The van der Waals surface area contributed by atoms with Gasteiger partial charge in [0.1, 0.15) is 23.5 Å². The number of ether oxygens (including phenoxy) is 1. The molecule has 2 N–H and O–H groups in total. The molecule has 3 unspecified atom stereocenters. The lowest BCUT2D eigenvalue weighted by atomic mass is 10.1. The van der Waals surface area contributed by atoms with Crippen molar-refractivity contribution in [3.63, 3.8) is 0 Å². The molecule has 1 aromatic heterocycles. The lowest BCUT2D eigenvalue weighted by Gasteiger charge is -2.21. The average Bonchev–Trinajstić information content (AvgIpc) is 3.37. The van der Waals surface area contributed by atoms with E-state index in [0.29, 0.717) is 41.0 Å². The number of aliphatic hydroxyl groups excluding tert-OH is 1. The van der Waals surface area contributed by atoms with Gasteiger partial charge in [0.25, 0.3) is 5.91 Å². The van der Waals surface area contributed by atoms with E-state index in [1.807, 2.05) is 0 Å². The lowest BCUT2D eigenvalue weighted by Crippen LogP contribution is -2.32. The summed E-state index contributed by atoms with van der Waals surface area (Å²) in [5.41, 5.74) is 1.87. The molecule has 0 saturated carbocycles. The molecule has 2 fully saturated rings. The van der Waals surface area contributed by atoms with E-state index in [4.69, 9.17) is 21.7 Å². The number of rotatable bonds is 6.